The van der Waals surface area contributed by atoms with Gasteiger partial charge in [0.05, 0.1) is 18.8 Å². The smallest absolute Gasteiger partial charge is 0.115 e. The number of hydrogen-bond donors (Lipinski definition) is 0. The Morgan fingerprint density at radius 2 is 2.06 bits per heavy atom. The summed E-state index contributed by atoms with van der Waals surface area (Å²) in [4.78, 5) is 11.8. The highest BCUT2D eigenvalue weighted by molar-refractivity contribution is 8.06. The molecular formula is C11H22O4PS-. The molecule has 1 fully saturated rings. The van der Waals surface area contributed by atoms with E-state index in [0.717, 1.165) is 13.0 Å². The van der Waals surface area contributed by atoms with Crippen LogP contribution in [0.5, 0.6) is 0 Å². The van der Waals surface area contributed by atoms with Crippen LogP contribution in [-0.4, -0.2) is 25.4 Å². The molecule has 0 radical (unpaired) electrons. The molecule has 102 valence electrons. The number of rotatable bonds is 6. The van der Waals surface area contributed by atoms with Crippen LogP contribution in [0.15, 0.2) is 0 Å². The molecule has 0 aromatic rings. The number of ether oxygens (including phenoxy) is 1. The second-order valence-corrected chi connectivity index (χ2v) is 7.71. The molecule has 1 saturated heterocycles. The normalized spacial score (nSPS) is 28.9. The van der Waals surface area contributed by atoms with Gasteiger partial charge in [-0.25, -0.2) is 0 Å². The monoisotopic (exact) mass is 281 g/mol. The Morgan fingerprint density at radius 1 is 1.41 bits per heavy atom. The molecular weight excluding hydrogens is 259 g/mol. The van der Waals surface area contributed by atoms with E-state index in [-0.39, 0.29) is 18.8 Å². The molecule has 1 aliphatic rings. The van der Waals surface area contributed by atoms with Gasteiger partial charge in [0.25, 0.3) is 0 Å². The summed E-state index contributed by atoms with van der Waals surface area (Å²) in [6.45, 7) is 5.53. The lowest BCUT2D eigenvalue weighted by atomic mass is 9.90. The Bertz CT molecular complexity index is 283. The van der Waals surface area contributed by atoms with E-state index in [1.165, 1.54) is 0 Å². The predicted octanol–water partition coefficient (Wildman–Crippen LogP) is 2.07. The quantitative estimate of drug-likeness (QED) is 0.698. The standard InChI is InChI=1S/C11H23O4PS/c1-8(2)10-5-6-13-11(10)7-14-16(12,17)15-9(3)4/h8-11H,5-7H2,1-4H3,(H,12,17)/p-1. The van der Waals surface area contributed by atoms with Crippen molar-refractivity contribution >= 4 is 18.5 Å². The molecule has 0 spiro atoms. The molecule has 0 bridgehead atoms. The molecule has 0 N–H and O–H groups in total. The van der Waals surface area contributed by atoms with E-state index in [1.54, 1.807) is 13.8 Å². The van der Waals surface area contributed by atoms with E-state index >= 15 is 0 Å². The molecule has 0 aromatic carbocycles. The first-order chi connectivity index (χ1) is 7.82. The van der Waals surface area contributed by atoms with Crippen LogP contribution in [0.3, 0.4) is 0 Å². The molecule has 3 atom stereocenters. The van der Waals surface area contributed by atoms with Gasteiger partial charge in [-0.05, 0) is 32.1 Å². The highest BCUT2D eigenvalue weighted by atomic mass is 32.5. The minimum atomic E-state index is -3.35. The summed E-state index contributed by atoms with van der Waals surface area (Å²) in [7, 11) is 0. The Hall–Kier alpha value is 0.490. The van der Waals surface area contributed by atoms with Crippen LogP contribution >= 0.6 is 6.72 Å². The maximum absolute atomic E-state index is 11.8. The van der Waals surface area contributed by atoms with Crippen LogP contribution in [0.25, 0.3) is 0 Å². The van der Waals surface area contributed by atoms with Gasteiger partial charge < -0.3 is 18.7 Å². The largest absolute Gasteiger partial charge is 0.780 e. The SMILES string of the molecule is CC(C)OP([O-])(=S)OCC1OCCC1C(C)C. The Morgan fingerprint density at radius 3 is 2.59 bits per heavy atom. The molecule has 1 aliphatic heterocycles. The topological polar surface area (TPSA) is 50.8 Å². The fourth-order valence-electron chi connectivity index (χ4n) is 2.05. The lowest BCUT2D eigenvalue weighted by Crippen LogP contribution is -2.27. The van der Waals surface area contributed by atoms with Crippen molar-refractivity contribution in [2.75, 3.05) is 13.2 Å². The lowest BCUT2D eigenvalue weighted by molar-refractivity contribution is -0.211. The van der Waals surface area contributed by atoms with Crippen molar-refractivity contribution in [2.24, 2.45) is 11.8 Å². The zero-order valence-corrected chi connectivity index (χ0v) is 12.6. The fraction of sp³-hybridized carbons (Fsp3) is 1.00. The average Bonchev–Trinajstić information content (AvgIpc) is 2.60. The molecule has 0 aromatic heterocycles. The molecule has 6 heteroatoms. The Labute approximate surface area is 109 Å². The summed E-state index contributed by atoms with van der Waals surface area (Å²) >= 11 is 4.81. The van der Waals surface area contributed by atoms with Crippen LogP contribution in [0.1, 0.15) is 34.1 Å². The summed E-state index contributed by atoms with van der Waals surface area (Å²) in [5, 5.41) is 0. The molecule has 17 heavy (non-hydrogen) atoms. The predicted molar refractivity (Wildman–Crippen MR) is 69.1 cm³/mol. The molecule has 4 nitrogen and oxygen atoms in total. The van der Waals surface area contributed by atoms with Gasteiger partial charge in [-0.3, -0.25) is 0 Å². The van der Waals surface area contributed by atoms with Crippen LogP contribution < -0.4 is 4.89 Å². The second-order valence-electron chi connectivity index (χ2n) is 5.00. The molecule has 0 aliphatic carbocycles. The fourth-order valence-corrected chi connectivity index (χ4v) is 3.66. The third kappa shape index (κ3) is 5.33. The maximum atomic E-state index is 11.8. The molecule has 1 heterocycles. The van der Waals surface area contributed by atoms with Crippen LogP contribution in [0, 0.1) is 11.8 Å². The van der Waals surface area contributed by atoms with E-state index < -0.39 is 6.72 Å². The number of hydrogen-bond acceptors (Lipinski definition) is 5. The highest BCUT2D eigenvalue weighted by Gasteiger charge is 2.31. The summed E-state index contributed by atoms with van der Waals surface area (Å²) in [5.74, 6) is 0.977. The van der Waals surface area contributed by atoms with Gasteiger partial charge in [0.1, 0.15) is 6.72 Å². The van der Waals surface area contributed by atoms with Gasteiger partial charge in [0.15, 0.2) is 0 Å². The highest BCUT2D eigenvalue weighted by Crippen LogP contribution is 2.41. The van der Waals surface area contributed by atoms with Crippen LogP contribution in [-0.2, 0) is 25.6 Å². The first-order valence-electron chi connectivity index (χ1n) is 6.07. The molecule has 1 rings (SSSR count). The summed E-state index contributed by atoms with van der Waals surface area (Å²) in [5.41, 5.74) is 0. The van der Waals surface area contributed by atoms with Crippen molar-refractivity contribution in [2.45, 2.75) is 46.3 Å². The summed E-state index contributed by atoms with van der Waals surface area (Å²) < 4.78 is 15.9. The maximum Gasteiger partial charge on any atom is 0.115 e. The van der Waals surface area contributed by atoms with E-state index in [4.69, 9.17) is 25.6 Å². The molecule has 0 saturated carbocycles. The Kier molecular flexibility index (Phi) is 6.03. The third-order valence-electron chi connectivity index (χ3n) is 2.85. The van der Waals surface area contributed by atoms with Gasteiger partial charge in [-0.15, -0.1) is 0 Å². The lowest BCUT2D eigenvalue weighted by Gasteiger charge is -2.31. The van der Waals surface area contributed by atoms with Crippen LogP contribution in [0.2, 0.25) is 0 Å². The molecule has 0 amide bonds. The first-order valence-corrected chi connectivity index (χ1v) is 8.63. The van der Waals surface area contributed by atoms with Crippen molar-refractivity contribution in [1.29, 1.82) is 0 Å². The van der Waals surface area contributed by atoms with Crippen molar-refractivity contribution in [3.05, 3.63) is 0 Å². The average molecular weight is 281 g/mol. The van der Waals surface area contributed by atoms with Gasteiger partial charge in [0, 0.05) is 6.61 Å². The molecule has 3 unspecified atom stereocenters. The third-order valence-corrected chi connectivity index (χ3v) is 4.57. The van der Waals surface area contributed by atoms with Crippen LogP contribution in [0.4, 0.5) is 0 Å². The minimum absolute atomic E-state index is 0.0120. The van der Waals surface area contributed by atoms with Crippen molar-refractivity contribution in [1.82, 2.24) is 0 Å². The Balaban J connectivity index is 2.42. The van der Waals surface area contributed by atoms with Crippen molar-refractivity contribution < 1.29 is 18.7 Å². The van der Waals surface area contributed by atoms with Crippen molar-refractivity contribution in [3.8, 4) is 0 Å². The van der Waals surface area contributed by atoms with E-state index in [2.05, 4.69) is 13.8 Å². The van der Waals surface area contributed by atoms with E-state index in [1.807, 2.05) is 0 Å². The second kappa shape index (κ2) is 6.60. The van der Waals surface area contributed by atoms with E-state index in [9.17, 15) is 4.89 Å². The summed E-state index contributed by atoms with van der Waals surface area (Å²) in [6.07, 6.45) is 0.823. The van der Waals surface area contributed by atoms with Crippen molar-refractivity contribution in [3.63, 3.8) is 0 Å². The zero-order valence-electron chi connectivity index (χ0n) is 10.9. The minimum Gasteiger partial charge on any atom is -0.780 e. The van der Waals surface area contributed by atoms with E-state index in [0.29, 0.717) is 11.8 Å². The first kappa shape index (κ1) is 15.5. The van der Waals surface area contributed by atoms with Gasteiger partial charge in [-0.2, -0.15) is 0 Å². The van der Waals surface area contributed by atoms with Gasteiger partial charge >= 0.3 is 0 Å². The zero-order chi connectivity index (χ0) is 13.1. The van der Waals surface area contributed by atoms with Gasteiger partial charge in [0.2, 0.25) is 0 Å². The summed E-state index contributed by atoms with van der Waals surface area (Å²) in [6, 6.07) is 0. The van der Waals surface area contributed by atoms with Gasteiger partial charge in [-0.1, -0.05) is 25.7 Å².